The first-order valence-electron chi connectivity index (χ1n) is 7.41. The van der Waals surface area contributed by atoms with Crippen molar-refractivity contribution in [1.29, 1.82) is 0 Å². The van der Waals surface area contributed by atoms with Crippen molar-refractivity contribution in [3.63, 3.8) is 0 Å². The predicted octanol–water partition coefficient (Wildman–Crippen LogP) is 4.08. The topological polar surface area (TPSA) is 38.8 Å². The van der Waals surface area contributed by atoms with Crippen LogP contribution in [-0.4, -0.2) is 23.8 Å². The third kappa shape index (κ3) is 3.89. The van der Waals surface area contributed by atoms with E-state index in [-0.39, 0.29) is 12.1 Å². The van der Waals surface area contributed by atoms with Gasteiger partial charge in [-0.25, -0.2) is 4.79 Å². The molecule has 0 spiro atoms. The molecule has 4 nitrogen and oxygen atoms in total. The molecule has 0 N–H and O–H groups in total. The third-order valence-electron chi connectivity index (χ3n) is 3.55. The minimum Gasteiger partial charge on any atom is -0.448 e. The quantitative estimate of drug-likeness (QED) is 0.778. The van der Waals surface area contributed by atoms with E-state index in [0.29, 0.717) is 12.4 Å². The van der Waals surface area contributed by atoms with Crippen LogP contribution < -0.4 is 4.84 Å². The van der Waals surface area contributed by atoms with Gasteiger partial charge >= 0.3 is 6.09 Å². The van der Waals surface area contributed by atoms with Gasteiger partial charge in [-0.1, -0.05) is 31.4 Å². The van der Waals surface area contributed by atoms with Gasteiger partial charge in [0.25, 0.3) is 0 Å². The molecule has 110 valence electrons. The largest absolute Gasteiger partial charge is 0.448 e. The lowest BCUT2D eigenvalue weighted by molar-refractivity contribution is -0.0856. The van der Waals surface area contributed by atoms with Crippen molar-refractivity contribution < 1.29 is 14.4 Å². The molecule has 1 fully saturated rings. The predicted molar refractivity (Wildman–Crippen MR) is 77.5 cm³/mol. The molecule has 20 heavy (non-hydrogen) atoms. The van der Waals surface area contributed by atoms with Crippen molar-refractivity contribution in [2.45, 2.75) is 52.0 Å². The maximum Gasteiger partial charge on any atom is 0.443 e. The van der Waals surface area contributed by atoms with E-state index in [1.54, 1.807) is 0 Å². The SMILES string of the molecule is CCOC(=O)N(Oc1cccc(C)c1)C1CCCCC1. The Balaban J connectivity index is 2.10. The Kier molecular flexibility index (Phi) is 5.27. The van der Waals surface area contributed by atoms with Gasteiger partial charge in [-0.15, -0.1) is 5.06 Å². The summed E-state index contributed by atoms with van der Waals surface area (Å²) in [5, 5.41) is 1.43. The summed E-state index contributed by atoms with van der Waals surface area (Å²) in [5.74, 6) is 0.684. The van der Waals surface area contributed by atoms with Crippen LogP contribution in [0.3, 0.4) is 0 Å². The number of ether oxygens (including phenoxy) is 1. The molecule has 1 saturated carbocycles. The number of carbonyl (C=O) groups is 1. The number of benzene rings is 1. The van der Waals surface area contributed by atoms with Crippen molar-refractivity contribution in [1.82, 2.24) is 5.06 Å². The van der Waals surface area contributed by atoms with Gasteiger partial charge in [0.05, 0.1) is 12.6 Å². The van der Waals surface area contributed by atoms with Crippen LogP contribution in [0.2, 0.25) is 0 Å². The fraction of sp³-hybridized carbons (Fsp3) is 0.562. The standard InChI is InChI=1S/C16H23NO3/c1-3-19-16(18)17(14-9-5-4-6-10-14)20-15-11-7-8-13(2)12-15/h7-8,11-12,14H,3-6,9-10H2,1-2H3. The van der Waals surface area contributed by atoms with Crippen molar-refractivity contribution in [2.24, 2.45) is 0 Å². The first-order chi connectivity index (χ1) is 9.70. The van der Waals surface area contributed by atoms with Crippen molar-refractivity contribution in [3.05, 3.63) is 29.8 Å². The second kappa shape index (κ2) is 7.17. The average molecular weight is 277 g/mol. The van der Waals surface area contributed by atoms with Gasteiger partial charge in [0, 0.05) is 0 Å². The second-order valence-electron chi connectivity index (χ2n) is 5.22. The van der Waals surface area contributed by atoms with Crippen molar-refractivity contribution in [3.8, 4) is 5.75 Å². The summed E-state index contributed by atoms with van der Waals surface area (Å²) >= 11 is 0. The maximum atomic E-state index is 12.1. The summed E-state index contributed by atoms with van der Waals surface area (Å²) in [6.45, 7) is 4.17. The Labute approximate surface area is 120 Å². The summed E-state index contributed by atoms with van der Waals surface area (Å²) in [7, 11) is 0. The molecule has 0 radical (unpaired) electrons. The zero-order valence-electron chi connectivity index (χ0n) is 12.3. The Morgan fingerprint density at radius 2 is 2.05 bits per heavy atom. The molecule has 0 aromatic heterocycles. The molecular weight excluding hydrogens is 254 g/mol. The highest BCUT2D eigenvalue weighted by Gasteiger charge is 2.28. The lowest BCUT2D eigenvalue weighted by Gasteiger charge is -2.32. The smallest absolute Gasteiger partial charge is 0.443 e. The highest BCUT2D eigenvalue weighted by Crippen LogP contribution is 2.25. The Morgan fingerprint density at radius 1 is 1.30 bits per heavy atom. The van der Waals surface area contributed by atoms with E-state index >= 15 is 0 Å². The number of hydrogen-bond acceptors (Lipinski definition) is 3. The zero-order chi connectivity index (χ0) is 14.4. The minimum absolute atomic E-state index is 0.114. The van der Waals surface area contributed by atoms with Crippen molar-refractivity contribution >= 4 is 6.09 Å². The van der Waals surface area contributed by atoms with Gasteiger partial charge < -0.3 is 9.57 Å². The van der Waals surface area contributed by atoms with E-state index in [2.05, 4.69) is 0 Å². The fourth-order valence-electron chi connectivity index (χ4n) is 2.55. The summed E-state index contributed by atoms with van der Waals surface area (Å²) in [6.07, 6.45) is 5.07. The Morgan fingerprint density at radius 3 is 2.70 bits per heavy atom. The van der Waals surface area contributed by atoms with E-state index in [9.17, 15) is 4.79 Å². The van der Waals surface area contributed by atoms with Gasteiger partial charge in [0.15, 0.2) is 5.75 Å². The fourth-order valence-corrected chi connectivity index (χ4v) is 2.55. The molecule has 0 atom stereocenters. The monoisotopic (exact) mass is 277 g/mol. The number of hydrogen-bond donors (Lipinski definition) is 0. The summed E-state index contributed by atoms with van der Waals surface area (Å²) in [4.78, 5) is 17.9. The first kappa shape index (κ1) is 14.7. The normalized spacial score (nSPS) is 15.7. The third-order valence-corrected chi connectivity index (χ3v) is 3.55. The van der Waals surface area contributed by atoms with Crippen LogP contribution in [0.15, 0.2) is 24.3 Å². The lowest BCUT2D eigenvalue weighted by atomic mass is 9.95. The first-order valence-corrected chi connectivity index (χ1v) is 7.41. The lowest BCUT2D eigenvalue weighted by Crippen LogP contribution is -2.44. The second-order valence-corrected chi connectivity index (χ2v) is 5.22. The van der Waals surface area contributed by atoms with Crippen LogP contribution in [-0.2, 0) is 4.74 Å². The molecule has 0 aliphatic heterocycles. The number of nitrogens with zero attached hydrogens (tertiary/aromatic N) is 1. The molecule has 1 amide bonds. The van der Waals surface area contributed by atoms with E-state index in [0.717, 1.165) is 31.2 Å². The van der Waals surface area contributed by atoms with Crippen LogP contribution >= 0.6 is 0 Å². The molecule has 1 aliphatic carbocycles. The van der Waals surface area contributed by atoms with Crippen molar-refractivity contribution in [2.75, 3.05) is 6.61 Å². The van der Waals surface area contributed by atoms with Gasteiger partial charge in [-0.3, -0.25) is 0 Å². The Bertz CT molecular complexity index is 441. The van der Waals surface area contributed by atoms with E-state index in [4.69, 9.17) is 9.57 Å². The number of aryl methyl sites for hydroxylation is 1. The van der Waals surface area contributed by atoms with Crippen LogP contribution in [0.5, 0.6) is 5.75 Å². The maximum absolute atomic E-state index is 12.1. The van der Waals surface area contributed by atoms with Gasteiger partial charge in [-0.2, -0.15) is 0 Å². The molecule has 4 heteroatoms. The van der Waals surface area contributed by atoms with E-state index < -0.39 is 0 Å². The Hall–Kier alpha value is -1.71. The number of hydroxylamine groups is 2. The van der Waals surface area contributed by atoms with E-state index in [1.165, 1.54) is 11.5 Å². The van der Waals surface area contributed by atoms with Gasteiger partial charge in [0.1, 0.15) is 0 Å². The highest BCUT2D eigenvalue weighted by atomic mass is 16.7. The number of amides is 1. The van der Waals surface area contributed by atoms with Crippen LogP contribution in [0.1, 0.15) is 44.6 Å². The molecule has 1 aliphatic rings. The van der Waals surface area contributed by atoms with Gasteiger partial charge in [-0.05, 0) is 44.4 Å². The highest BCUT2D eigenvalue weighted by molar-refractivity contribution is 5.67. The van der Waals surface area contributed by atoms with Crippen LogP contribution in [0, 0.1) is 6.92 Å². The molecule has 1 aromatic carbocycles. The molecule has 1 aromatic rings. The van der Waals surface area contributed by atoms with Crippen LogP contribution in [0.25, 0.3) is 0 Å². The minimum atomic E-state index is -0.388. The van der Waals surface area contributed by atoms with Gasteiger partial charge in [0.2, 0.25) is 0 Å². The molecule has 0 heterocycles. The summed E-state index contributed by atoms with van der Waals surface area (Å²) < 4.78 is 5.12. The van der Waals surface area contributed by atoms with Crippen LogP contribution in [0.4, 0.5) is 4.79 Å². The molecular formula is C16H23NO3. The zero-order valence-corrected chi connectivity index (χ0v) is 12.3. The number of rotatable bonds is 4. The molecule has 0 bridgehead atoms. The molecule has 0 saturated heterocycles. The summed E-state index contributed by atoms with van der Waals surface area (Å²) in [6, 6.07) is 7.83. The summed E-state index contributed by atoms with van der Waals surface area (Å²) in [5.41, 5.74) is 1.11. The van der Waals surface area contributed by atoms with E-state index in [1.807, 2.05) is 38.1 Å². The molecule has 0 unspecified atom stereocenters. The number of carbonyl (C=O) groups excluding carboxylic acids is 1. The average Bonchev–Trinajstić information content (AvgIpc) is 2.46. The molecule has 2 rings (SSSR count).